The summed E-state index contributed by atoms with van der Waals surface area (Å²) < 4.78 is 1.78. The molecule has 0 saturated carbocycles. The minimum Gasteiger partial charge on any atom is -0.481 e. The lowest BCUT2D eigenvalue weighted by Crippen LogP contribution is -2.09. The molecule has 3 N–H and O–H groups in total. The number of benzene rings is 1. The average Bonchev–Trinajstić information content (AvgIpc) is 2.81. The van der Waals surface area contributed by atoms with Crippen LogP contribution in [0.2, 0.25) is 0 Å². The van der Waals surface area contributed by atoms with E-state index in [9.17, 15) is 4.79 Å². The quantitative estimate of drug-likeness (QED) is 0.841. The van der Waals surface area contributed by atoms with Crippen LogP contribution in [0.15, 0.2) is 24.3 Å². The Morgan fingerprint density at radius 2 is 2.00 bits per heavy atom. The van der Waals surface area contributed by atoms with E-state index in [1.165, 1.54) is 0 Å². The van der Waals surface area contributed by atoms with Crippen molar-refractivity contribution in [2.24, 2.45) is 11.7 Å². The van der Waals surface area contributed by atoms with Crippen molar-refractivity contribution >= 4 is 5.97 Å². The van der Waals surface area contributed by atoms with Gasteiger partial charge in [0.2, 0.25) is 0 Å². The van der Waals surface area contributed by atoms with E-state index in [2.05, 4.69) is 24.2 Å². The standard InChI is InChI=1S/C15H20N4O2/c1-10(2)7-14-13(9-16)17-18-19(14)12-5-3-11(4-6-12)8-15(20)21/h3-6,10H,7-9,16H2,1-2H3,(H,20,21). The van der Waals surface area contributed by atoms with Gasteiger partial charge >= 0.3 is 5.97 Å². The third-order valence-electron chi connectivity index (χ3n) is 3.17. The number of rotatable bonds is 6. The first-order valence-corrected chi connectivity index (χ1v) is 6.96. The van der Waals surface area contributed by atoms with Gasteiger partial charge < -0.3 is 10.8 Å². The predicted molar refractivity (Wildman–Crippen MR) is 79.1 cm³/mol. The molecule has 6 nitrogen and oxygen atoms in total. The number of nitrogens with zero attached hydrogens (tertiary/aromatic N) is 3. The summed E-state index contributed by atoms with van der Waals surface area (Å²) in [5, 5.41) is 17.1. The van der Waals surface area contributed by atoms with E-state index >= 15 is 0 Å². The van der Waals surface area contributed by atoms with Crippen LogP contribution in [0.4, 0.5) is 0 Å². The number of hydrogen-bond acceptors (Lipinski definition) is 4. The molecule has 2 rings (SSSR count). The van der Waals surface area contributed by atoms with E-state index in [0.717, 1.165) is 29.1 Å². The fraction of sp³-hybridized carbons (Fsp3) is 0.400. The lowest BCUT2D eigenvalue weighted by molar-refractivity contribution is -0.136. The van der Waals surface area contributed by atoms with Crippen molar-refractivity contribution in [2.75, 3.05) is 0 Å². The highest BCUT2D eigenvalue weighted by Gasteiger charge is 2.14. The highest BCUT2D eigenvalue weighted by molar-refractivity contribution is 5.70. The van der Waals surface area contributed by atoms with E-state index in [-0.39, 0.29) is 6.42 Å². The fourth-order valence-corrected chi connectivity index (χ4v) is 2.22. The van der Waals surface area contributed by atoms with E-state index in [0.29, 0.717) is 12.5 Å². The van der Waals surface area contributed by atoms with Crippen molar-refractivity contribution < 1.29 is 9.90 Å². The minimum absolute atomic E-state index is 0.0184. The number of aromatic nitrogens is 3. The zero-order valence-electron chi connectivity index (χ0n) is 12.3. The van der Waals surface area contributed by atoms with Crippen LogP contribution in [-0.4, -0.2) is 26.1 Å². The Morgan fingerprint density at radius 1 is 1.33 bits per heavy atom. The summed E-state index contributed by atoms with van der Waals surface area (Å²) in [6, 6.07) is 7.31. The summed E-state index contributed by atoms with van der Waals surface area (Å²) >= 11 is 0. The first-order chi connectivity index (χ1) is 10.0. The van der Waals surface area contributed by atoms with Crippen LogP contribution in [0, 0.1) is 5.92 Å². The number of aliphatic carboxylic acids is 1. The van der Waals surface area contributed by atoms with Crippen LogP contribution in [0.25, 0.3) is 5.69 Å². The maximum atomic E-state index is 10.7. The molecule has 0 aliphatic heterocycles. The lowest BCUT2D eigenvalue weighted by atomic mass is 10.1. The Hall–Kier alpha value is -2.21. The number of hydrogen-bond donors (Lipinski definition) is 2. The first kappa shape index (κ1) is 15.2. The van der Waals surface area contributed by atoms with Gasteiger partial charge in [-0.2, -0.15) is 0 Å². The molecule has 0 amide bonds. The molecule has 1 aromatic heterocycles. The second-order valence-electron chi connectivity index (χ2n) is 5.43. The molecule has 0 atom stereocenters. The van der Waals surface area contributed by atoms with Gasteiger partial charge in [0.15, 0.2) is 0 Å². The third-order valence-corrected chi connectivity index (χ3v) is 3.17. The Labute approximate surface area is 123 Å². The average molecular weight is 288 g/mol. The molecule has 21 heavy (non-hydrogen) atoms. The Morgan fingerprint density at radius 3 is 2.52 bits per heavy atom. The molecule has 0 spiro atoms. The van der Waals surface area contributed by atoms with Crippen molar-refractivity contribution in [3.63, 3.8) is 0 Å². The topological polar surface area (TPSA) is 94.0 Å². The van der Waals surface area contributed by atoms with Gasteiger partial charge in [-0.15, -0.1) is 5.10 Å². The number of carboxylic acids is 1. The van der Waals surface area contributed by atoms with Crippen molar-refractivity contribution in [3.05, 3.63) is 41.2 Å². The third kappa shape index (κ3) is 3.66. The molecule has 0 aliphatic rings. The maximum absolute atomic E-state index is 10.7. The fourth-order valence-electron chi connectivity index (χ4n) is 2.22. The highest BCUT2D eigenvalue weighted by Crippen LogP contribution is 2.17. The van der Waals surface area contributed by atoms with Crippen LogP contribution < -0.4 is 5.73 Å². The summed E-state index contributed by atoms with van der Waals surface area (Å²) in [4.78, 5) is 10.7. The van der Waals surface area contributed by atoms with Crippen LogP contribution in [0.3, 0.4) is 0 Å². The molecule has 0 fully saturated rings. The van der Waals surface area contributed by atoms with Gasteiger partial charge in [0.05, 0.1) is 23.5 Å². The largest absolute Gasteiger partial charge is 0.481 e. The molecule has 0 radical (unpaired) electrons. The Kier molecular flexibility index (Phi) is 4.70. The molecule has 6 heteroatoms. The van der Waals surface area contributed by atoms with Gasteiger partial charge in [0, 0.05) is 6.54 Å². The summed E-state index contributed by atoms with van der Waals surface area (Å²) in [6.45, 7) is 4.63. The SMILES string of the molecule is CC(C)Cc1c(CN)nnn1-c1ccc(CC(=O)O)cc1. The summed E-state index contributed by atoms with van der Waals surface area (Å²) in [6.07, 6.45) is 0.862. The predicted octanol–water partition coefficient (Wildman–Crippen LogP) is 1.55. The number of carbonyl (C=O) groups is 1. The second-order valence-corrected chi connectivity index (χ2v) is 5.43. The number of nitrogens with two attached hydrogens (primary N) is 1. The van der Waals surface area contributed by atoms with Crippen molar-refractivity contribution in [1.29, 1.82) is 0 Å². The van der Waals surface area contributed by atoms with E-state index in [1.807, 2.05) is 12.1 Å². The molecule has 0 unspecified atom stereocenters. The zero-order chi connectivity index (χ0) is 15.4. The molecule has 0 bridgehead atoms. The maximum Gasteiger partial charge on any atom is 0.307 e. The van der Waals surface area contributed by atoms with Gasteiger partial charge in [-0.05, 0) is 30.0 Å². The molecule has 0 aliphatic carbocycles. The van der Waals surface area contributed by atoms with Crippen molar-refractivity contribution in [3.8, 4) is 5.69 Å². The van der Waals surface area contributed by atoms with E-state index in [1.54, 1.807) is 16.8 Å². The van der Waals surface area contributed by atoms with Gasteiger partial charge in [-0.1, -0.05) is 31.2 Å². The first-order valence-electron chi connectivity index (χ1n) is 6.96. The van der Waals surface area contributed by atoms with Gasteiger partial charge in [0.25, 0.3) is 0 Å². The molecular weight excluding hydrogens is 268 g/mol. The molecular formula is C15H20N4O2. The van der Waals surface area contributed by atoms with Crippen LogP contribution in [0.5, 0.6) is 0 Å². The van der Waals surface area contributed by atoms with Gasteiger partial charge in [-0.3, -0.25) is 4.79 Å². The monoisotopic (exact) mass is 288 g/mol. The molecule has 112 valence electrons. The Balaban J connectivity index is 2.33. The molecule has 0 saturated heterocycles. The summed E-state index contributed by atoms with van der Waals surface area (Å²) in [5.41, 5.74) is 9.16. The number of carboxylic acid groups (broad SMARTS) is 1. The highest BCUT2D eigenvalue weighted by atomic mass is 16.4. The zero-order valence-corrected chi connectivity index (χ0v) is 12.3. The summed E-state index contributed by atoms with van der Waals surface area (Å²) in [5.74, 6) is -0.367. The van der Waals surface area contributed by atoms with E-state index < -0.39 is 5.97 Å². The molecule has 2 aromatic rings. The van der Waals surface area contributed by atoms with Crippen LogP contribution >= 0.6 is 0 Å². The minimum atomic E-state index is -0.838. The molecule has 1 aromatic carbocycles. The van der Waals surface area contributed by atoms with Gasteiger partial charge in [-0.25, -0.2) is 4.68 Å². The Bertz CT molecular complexity index is 617. The van der Waals surface area contributed by atoms with Crippen LogP contribution in [-0.2, 0) is 24.2 Å². The lowest BCUT2D eigenvalue weighted by Gasteiger charge is -2.10. The smallest absolute Gasteiger partial charge is 0.307 e. The van der Waals surface area contributed by atoms with Crippen LogP contribution in [0.1, 0.15) is 30.8 Å². The van der Waals surface area contributed by atoms with Gasteiger partial charge in [0.1, 0.15) is 0 Å². The van der Waals surface area contributed by atoms with E-state index in [4.69, 9.17) is 10.8 Å². The van der Waals surface area contributed by atoms with Crippen molar-refractivity contribution in [1.82, 2.24) is 15.0 Å². The second kappa shape index (κ2) is 6.49. The molecule has 1 heterocycles. The summed E-state index contributed by atoms with van der Waals surface area (Å²) in [7, 11) is 0. The van der Waals surface area contributed by atoms with Crippen molar-refractivity contribution in [2.45, 2.75) is 33.2 Å². The normalized spacial score (nSPS) is 11.0.